The van der Waals surface area contributed by atoms with Gasteiger partial charge in [0.05, 0.1) is 0 Å². The smallest absolute Gasteiger partial charge is 0.133 e. The zero-order valence-corrected chi connectivity index (χ0v) is 11.3. The second-order valence-corrected chi connectivity index (χ2v) is 4.70. The van der Waals surface area contributed by atoms with E-state index in [1.165, 1.54) is 5.56 Å². The van der Waals surface area contributed by atoms with Crippen LogP contribution in [0, 0.1) is 13.8 Å². The maximum absolute atomic E-state index is 6.10. The van der Waals surface area contributed by atoms with Crippen molar-refractivity contribution in [2.45, 2.75) is 20.4 Å². The number of aryl methyl sites for hydroxylation is 2. The molecule has 2 aromatic carbocycles. The van der Waals surface area contributed by atoms with Crippen LogP contribution in [0.1, 0.15) is 16.7 Å². The van der Waals surface area contributed by atoms with E-state index >= 15 is 0 Å². The molecule has 0 spiro atoms. The van der Waals surface area contributed by atoms with E-state index in [0.29, 0.717) is 11.6 Å². The van der Waals surface area contributed by atoms with Crippen molar-refractivity contribution in [3.63, 3.8) is 0 Å². The van der Waals surface area contributed by atoms with Crippen molar-refractivity contribution < 1.29 is 4.74 Å². The molecule has 2 aromatic rings. The van der Waals surface area contributed by atoms with E-state index in [-0.39, 0.29) is 0 Å². The van der Waals surface area contributed by atoms with Crippen molar-refractivity contribution in [1.29, 1.82) is 0 Å². The molecule has 3 heteroatoms. The molecular weight excluding hydrogens is 246 g/mol. The number of benzene rings is 2. The fraction of sp³-hybridized carbons (Fsp3) is 0.200. The molecule has 0 aromatic heterocycles. The average Bonchev–Trinajstić information content (AvgIpc) is 2.33. The van der Waals surface area contributed by atoms with Gasteiger partial charge in [0.1, 0.15) is 11.5 Å². The van der Waals surface area contributed by atoms with Crippen LogP contribution in [0.2, 0.25) is 5.02 Å². The van der Waals surface area contributed by atoms with Crippen LogP contribution in [0.15, 0.2) is 36.4 Å². The van der Waals surface area contributed by atoms with Gasteiger partial charge in [-0.2, -0.15) is 0 Å². The van der Waals surface area contributed by atoms with Crippen LogP contribution in [0.3, 0.4) is 0 Å². The molecule has 0 radical (unpaired) electrons. The number of nitrogens with two attached hydrogens (primary N) is 1. The Labute approximate surface area is 112 Å². The first kappa shape index (κ1) is 12.9. The lowest BCUT2D eigenvalue weighted by molar-refractivity contribution is 0.472. The summed E-state index contributed by atoms with van der Waals surface area (Å²) in [5.74, 6) is 1.55. The number of hydrogen-bond acceptors (Lipinski definition) is 2. The zero-order valence-electron chi connectivity index (χ0n) is 10.5. The standard InChI is InChI=1S/C15H16ClNO/c1-10-6-7-14(11(2)8-10)18-15-5-3-4-13(16)12(15)9-17/h3-8H,9,17H2,1-2H3. The Morgan fingerprint density at radius 1 is 1.11 bits per heavy atom. The summed E-state index contributed by atoms with van der Waals surface area (Å²) in [6.45, 7) is 4.44. The molecule has 0 aliphatic heterocycles. The Morgan fingerprint density at radius 2 is 1.89 bits per heavy atom. The highest BCUT2D eigenvalue weighted by atomic mass is 35.5. The Hall–Kier alpha value is -1.51. The molecule has 0 fully saturated rings. The van der Waals surface area contributed by atoms with Gasteiger partial charge in [0.15, 0.2) is 0 Å². The maximum atomic E-state index is 6.10. The summed E-state index contributed by atoms with van der Waals surface area (Å²) in [5, 5.41) is 0.639. The third-order valence-electron chi connectivity index (χ3n) is 2.83. The van der Waals surface area contributed by atoms with Crippen LogP contribution in [-0.4, -0.2) is 0 Å². The Kier molecular flexibility index (Phi) is 3.90. The first-order valence-corrected chi connectivity index (χ1v) is 6.22. The molecule has 0 saturated carbocycles. The second-order valence-electron chi connectivity index (χ2n) is 4.29. The quantitative estimate of drug-likeness (QED) is 0.898. The molecule has 0 bridgehead atoms. The van der Waals surface area contributed by atoms with Crippen LogP contribution in [0.5, 0.6) is 11.5 Å². The fourth-order valence-corrected chi connectivity index (χ4v) is 2.11. The molecule has 0 amide bonds. The Bertz CT molecular complexity index is 566. The van der Waals surface area contributed by atoms with E-state index in [9.17, 15) is 0 Å². The number of halogens is 1. The molecular formula is C15H16ClNO. The molecule has 0 aliphatic carbocycles. The number of rotatable bonds is 3. The highest BCUT2D eigenvalue weighted by Crippen LogP contribution is 2.31. The van der Waals surface area contributed by atoms with E-state index in [1.807, 2.05) is 37.3 Å². The van der Waals surface area contributed by atoms with Crippen LogP contribution in [0.25, 0.3) is 0 Å². The van der Waals surface area contributed by atoms with Gasteiger partial charge in [-0.25, -0.2) is 0 Å². The highest BCUT2D eigenvalue weighted by molar-refractivity contribution is 6.31. The largest absolute Gasteiger partial charge is 0.457 e. The molecule has 94 valence electrons. The minimum absolute atomic E-state index is 0.361. The van der Waals surface area contributed by atoms with Gasteiger partial charge in [-0.15, -0.1) is 0 Å². The van der Waals surface area contributed by atoms with E-state index in [0.717, 1.165) is 22.6 Å². The third-order valence-corrected chi connectivity index (χ3v) is 3.18. The predicted molar refractivity (Wildman–Crippen MR) is 75.3 cm³/mol. The summed E-state index contributed by atoms with van der Waals surface area (Å²) < 4.78 is 5.90. The van der Waals surface area contributed by atoms with Gasteiger partial charge in [0.25, 0.3) is 0 Å². The van der Waals surface area contributed by atoms with Gasteiger partial charge >= 0.3 is 0 Å². The minimum Gasteiger partial charge on any atom is -0.457 e. The summed E-state index contributed by atoms with van der Waals surface area (Å²) in [6.07, 6.45) is 0. The van der Waals surface area contributed by atoms with Crippen LogP contribution < -0.4 is 10.5 Å². The van der Waals surface area contributed by atoms with Gasteiger partial charge < -0.3 is 10.5 Å². The van der Waals surface area contributed by atoms with E-state index in [1.54, 1.807) is 0 Å². The zero-order chi connectivity index (χ0) is 13.1. The fourth-order valence-electron chi connectivity index (χ4n) is 1.86. The van der Waals surface area contributed by atoms with E-state index < -0.39 is 0 Å². The normalized spacial score (nSPS) is 10.4. The van der Waals surface area contributed by atoms with E-state index in [4.69, 9.17) is 22.1 Å². The first-order valence-electron chi connectivity index (χ1n) is 5.84. The molecule has 0 saturated heterocycles. The first-order chi connectivity index (χ1) is 8.61. The highest BCUT2D eigenvalue weighted by Gasteiger charge is 2.08. The van der Waals surface area contributed by atoms with E-state index in [2.05, 4.69) is 13.0 Å². The summed E-state index contributed by atoms with van der Waals surface area (Å²) in [6, 6.07) is 11.6. The lowest BCUT2D eigenvalue weighted by Gasteiger charge is -2.13. The maximum Gasteiger partial charge on any atom is 0.133 e. The minimum atomic E-state index is 0.361. The van der Waals surface area contributed by atoms with Crippen LogP contribution in [0.4, 0.5) is 0 Å². The van der Waals surface area contributed by atoms with Gasteiger partial charge in [0.2, 0.25) is 0 Å². The average molecular weight is 262 g/mol. The summed E-state index contributed by atoms with van der Waals surface area (Å²) >= 11 is 6.10. The second kappa shape index (κ2) is 5.42. The Balaban J connectivity index is 2.37. The monoisotopic (exact) mass is 261 g/mol. The van der Waals surface area contributed by atoms with Crippen molar-refractivity contribution >= 4 is 11.6 Å². The Morgan fingerprint density at radius 3 is 2.56 bits per heavy atom. The predicted octanol–water partition coefficient (Wildman–Crippen LogP) is 4.21. The van der Waals surface area contributed by atoms with Gasteiger partial charge in [-0.05, 0) is 37.6 Å². The molecule has 0 atom stereocenters. The molecule has 18 heavy (non-hydrogen) atoms. The number of hydrogen-bond donors (Lipinski definition) is 1. The van der Waals surface area contributed by atoms with Crippen molar-refractivity contribution in [2.24, 2.45) is 5.73 Å². The lowest BCUT2D eigenvalue weighted by atomic mass is 10.1. The van der Waals surface area contributed by atoms with Gasteiger partial charge in [0, 0.05) is 17.1 Å². The van der Waals surface area contributed by atoms with Crippen molar-refractivity contribution in [3.05, 3.63) is 58.1 Å². The molecule has 2 nitrogen and oxygen atoms in total. The summed E-state index contributed by atoms with van der Waals surface area (Å²) in [5.41, 5.74) is 8.84. The summed E-state index contributed by atoms with van der Waals surface area (Å²) in [4.78, 5) is 0. The third kappa shape index (κ3) is 2.66. The van der Waals surface area contributed by atoms with Crippen LogP contribution >= 0.6 is 11.6 Å². The SMILES string of the molecule is Cc1ccc(Oc2cccc(Cl)c2CN)c(C)c1. The van der Waals surface area contributed by atoms with Crippen molar-refractivity contribution in [2.75, 3.05) is 0 Å². The van der Waals surface area contributed by atoms with Crippen molar-refractivity contribution in [3.8, 4) is 11.5 Å². The summed E-state index contributed by atoms with van der Waals surface area (Å²) in [7, 11) is 0. The molecule has 0 heterocycles. The molecule has 2 rings (SSSR count). The molecule has 2 N–H and O–H groups in total. The van der Waals surface area contributed by atoms with Gasteiger partial charge in [-0.1, -0.05) is 35.4 Å². The topological polar surface area (TPSA) is 35.2 Å². The van der Waals surface area contributed by atoms with Crippen molar-refractivity contribution in [1.82, 2.24) is 0 Å². The lowest BCUT2D eigenvalue weighted by Crippen LogP contribution is -2.00. The molecule has 0 unspecified atom stereocenters. The van der Waals surface area contributed by atoms with Crippen LogP contribution in [-0.2, 0) is 6.54 Å². The number of ether oxygens (including phenoxy) is 1. The van der Waals surface area contributed by atoms with Gasteiger partial charge in [-0.3, -0.25) is 0 Å². The molecule has 0 aliphatic rings.